The summed E-state index contributed by atoms with van der Waals surface area (Å²) in [4.78, 5) is 13.3. The molecule has 0 aromatic rings. The van der Waals surface area contributed by atoms with Crippen molar-refractivity contribution >= 4 is 5.97 Å². The number of carbonyl (C=O) groups is 1. The molecule has 0 aliphatic carbocycles. The zero-order chi connectivity index (χ0) is 13.6. The summed E-state index contributed by atoms with van der Waals surface area (Å²) in [5.74, 6) is -0.692. The van der Waals surface area contributed by atoms with E-state index in [0.29, 0.717) is 6.04 Å². The molecular formula is C14H25NO3. The molecule has 2 unspecified atom stereocenters. The largest absolute Gasteiger partial charge is 0.481 e. The summed E-state index contributed by atoms with van der Waals surface area (Å²) < 4.78 is 6.13. The number of nitrogens with zero attached hydrogens (tertiary/aromatic N) is 1. The molecule has 0 bridgehead atoms. The molecule has 2 heterocycles. The zero-order valence-electron chi connectivity index (χ0n) is 11.9. The average Bonchev–Trinajstić information content (AvgIpc) is 2.66. The van der Waals surface area contributed by atoms with Crippen LogP contribution in [0.2, 0.25) is 0 Å². The Kier molecular flexibility index (Phi) is 3.45. The van der Waals surface area contributed by atoms with E-state index < -0.39 is 5.97 Å². The third-order valence-corrected chi connectivity index (χ3v) is 4.26. The van der Waals surface area contributed by atoms with Gasteiger partial charge < -0.3 is 9.84 Å². The van der Waals surface area contributed by atoms with Gasteiger partial charge in [-0.3, -0.25) is 9.69 Å². The Labute approximate surface area is 109 Å². The first-order valence-electron chi connectivity index (χ1n) is 6.89. The number of carboxylic acids is 1. The summed E-state index contributed by atoms with van der Waals surface area (Å²) in [5.41, 5.74) is -0.297. The van der Waals surface area contributed by atoms with Crippen molar-refractivity contribution in [2.45, 2.75) is 76.7 Å². The second-order valence-corrected chi connectivity index (χ2v) is 6.82. The molecule has 18 heavy (non-hydrogen) atoms. The van der Waals surface area contributed by atoms with Gasteiger partial charge in [0, 0.05) is 12.1 Å². The van der Waals surface area contributed by atoms with Gasteiger partial charge in [-0.25, -0.2) is 0 Å². The van der Waals surface area contributed by atoms with Crippen LogP contribution in [0.15, 0.2) is 0 Å². The van der Waals surface area contributed by atoms with Gasteiger partial charge in [0.1, 0.15) is 0 Å². The molecule has 2 fully saturated rings. The van der Waals surface area contributed by atoms with E-state index in [-0.39, 0.29) is 23.7 Å². The van der Waals surface area contributed by atoms with Crippen molar-refractivity contribution in [3.63, 3.8) is 0 Å². The monoisotopic (exact) mass is 255 g/mol. The minimum atomic E-state index is -0.692. The Morgan fingerprint density at radius 1 is 1.39 bits per heavy atom. The normalized spacial score (nSPS) is 34.9. The quantitative estimate of drug-likeness (QED) is 0.840. The van der Waals surface area contributed by atoms with Crippen molar-refractivity contribution < 1.29 is 14.6 Å². The number of hydrogen-bond donors (Lipinski definition) is 1. The molecule has 2 aliphatic rings. The third-order valence-electron chi connectivity index (χ3n) is 4.26. The Bertz CT molecular complexity index is 338. The van der Waals surface area contributed by atoms with E-state index in [1.165, 1.54) is 0 Å². The van der Waals surface area contributed by atoms with E-state index in [2.05, 4.69) is 32.6 Å². The summed E-state index contributed by atoms with van der Waals surface area (Å²) in [6.07, 6.45) is 3.34. The van der Waals surface area contributed by atoms with Gasteiger partial charge in [-0.05, 0) is 53.5 Å². The molecule has 4 nitrogen and oxygen atoms in total. The number of carboxylic acid groups (broad SMARTS) is 1. The van der Waals surface area contributed by atoms with Crippen LogP contribution in [0.1, 0.15) is 53.4 Å². The predicted octanol–water partition coefficient (Wildman–Crippen LogP) is 2.27. The highest BCUT2D eigenvalue weighted by atomic mass is 16.5. The fourth-order valence-electron chi connectivity index (χ4n) is 3.74. The van der Waals surface area contributed by atoms with Crippen molar-refractivity contribution in [1.82, 2.24) is 4.90 Å². The van der Waals surface area contributed by atoms with Gasteiger partial charge in [0.15, 0.2) is 0 Å². The van der Waals surface area contributed by atoms with Gasteiger partial charge in [-0.2, -0.15) is 0 Å². The van der Waals surface area contributed by atoms with Gasteiger partial charge in [0.05, 0.1) is 17.6 Å². The first kappa shape index (κ1) is 13.8. The van der Waals surface area contributed by atoms with E-state index in [4.69, 9.17) is 9.84 Å². The van der Waals surface area contributed by atoms with E-state index in [1.54, 1.807) is 0 Å². The van der Waals surface area contributed by atoms with Crippen LogP contribution in [0.5, 0.6) is 0 Å². The molecule has 2 rings (SSSR count). The summed E-state index contributed by atoms with van der Waals surface area (Å²) >= 11 is 0. The molecule has 0 aromatic carbocycles. The number of rotatable bonds is 3. The lowest BCUT2D eigenvalue weighted by molar-refractivity contribution is -0.138. The molecule has 2 saturated heterocycles. The predicted molar refractivity (Wildman–Crippen MR) is 69.6 cm³/mol. The van der Waals surface area contributed by atoms with E-state index >= 15 is 0 Å². The number of hydrogen-bond acceptors (Lipinski definition) is 3. The van der Waals surface area contributed by atoms with Crippen molar-refractivity contribution in [1.29, 1.82) is 0 Å². The van der Waals surface area contributed by atoms with E-state index in [9.17, 15) is 4.79 Å². The van der Waals surface area contributed by atoms with Gasteiger partial charge in [0.2, 0.25) is 0 Å². The lowest BCUT2D eigenvalue weighted by atomic mass is 9.92. The van der Waals surface area contributed by atoms with Crippen LogP contribution in [0.3, 0.4) is 0 Å². The number of likely N-dealkylation sites (tertiary alicyclic amines) is 1. The molecule has 4 heteroatoms. The summed E-state index contributed by atoms with van der Waals surface area (Å²) in [6.45, 7) is 9.50. The topological polar surface area (TPSA) is 49.8 Å². The summed E-state index contributed by atoms with van der Waals surface area (Å²) in [6, 6.07) is 0.517. The SMILES string of the molecule is CC1(C)CC(N2CCCC2CC(=O)O)C(C)(C)O1. The van der Waals surface area contributed by atoms with Crippen molar-refractivity contribution in [2.75, 3.05) is 6.54 Å². The van der Waals surface area contributed by atoms with Crippen molar-refractivity contribution in [3.8, 4) is 0 Å². The molecule has 0 radical (unpaired) electrons. The fourth-order valence-corrected chi connectivity index (χ4v) is 3.74. The molecule has 1 N–H and O–H groups in total. The Balaban J connectivity index is 2.13. The lowest BCUT2D eigenvalue weighted by Crippen LogP contribution is -2.49. The average molecular weight is 255 g/mol. The second kappa shape index (κ2) is 4.49. The summed E-state index contributed by atoms with van der Waals surface area (Å²) in [5, 5.41) is 9.01. The Morgan fingerprint density at radius 3 is 2.56 bits per heavy atom. The van der Waals surface area contributed by atoms with Gasteiger partial charge in [-0.1, -0.05) is 0 Å². The standard InChI is InChI=1S/C14H25NO3/c1-13(2)9-11(14(3,4)18-13)15-7-5-6-10(15)8-12(16)17/h10-11H,5-9H2,1-4H3,(H,16,17). The van der Waals surface area contributed by atoms with Crippen molar-refractivity contribution in [3.05, 3.63) is 0 Å². The molecule has 0 aromatic heterocycles. The molecule has 0 amide bonds. The number of ether oxygens (including phenoxy) is 1. The summed E-state index contributed by atoms with van der Waals surface area (Å²) in [7, 11) is 0. The molecule has 0 saturated carbocycles. The Morgan fingerprint density at radius 2 is 2.06 bits per heavy atom. The highest BCUT2D eigenvalue weighted by Crippen LogP contribution is 2.42. The van der Waals surface area contributed by atoms with Gasteiger partial charge >= 0.3 is 5.97 Å². The van der Waals surface area contributed by atoms with Crippen LogP contribution >= 0.6 is 0 Å². The lowest BCUT2D eigenvalue weighted by Gasteiger charge is -2.37. The maximum absolute atomic E-state index is 10.9. The van der Waals surface area contributed by atoms with Crippen LogP contribution in [-0.4, -0.2) is 45.8 Å². The maximum atomic E-state index is 10.9. The first-order chi connectivity index (χ1) is 8.21. The van der Waals surface area contributed by atoms with Crippen LogP contribution in [0, 0.1) is 0 Å². The third kappa shape index (κ3) is 2.69. The van der Waals surface area contributed by atoms with Crippen LogP contribution in [0.4, 0.5) is 0 Å². The van der Waals surface area contributed by atoms with Crippen LogP contribution < -0.4 is 0 Å². The minimum absolute atomic E-state index is 0.107. The first-order valence-corrected chi connectivity index (χ1v) is 6.89. The van der Waals surface area contributed by atoms with Crippen molar-refractivity contribution in [2.24, 2.45) is 0 Å². The van der Waals surface area contributed by atoms with Gasteiger partial charge in [-0.15, -0.1) is 0 Å². The number of aliphatic carboxylic acids is 1. The van der Waals surface area contributed by atoms with E-state index in [0.717, 1.165) is 25.8 Å². The van der Waals surface area contributed by atoms with Crippen LogP contribution in [0.25, 0.3) is 0 Å². The zero-order valence-corrected chi connectivity index (χ0v) is 11.9. The van der Waals surface area contributed by atoms with Gasteiger partial charge in [0.25, 0.3) is 0 Å². The van der Waals surface area contributed by atoms with Crippen LogP contribution in [-0.2, 0) is 9.53 Å². The van der Waals surface area contributed by atoms with E-state index in [1.807, 2.05) is 0 Å². The minimum Gasteiger partial charge on any atom is -0.481 e. The molecular weight excluding hydrogens is 230 g/mol. The second-order valence-electron chi connectivity index (χ2n) is 6.82. The highest BCUT2D eigenvalue weighted by Gasteiger charge is 2.50. The highest BCUT2D eigenvalue weighted by molar-refractivity contribution is 5.67. The maximum Gasteiger partial charge on any atom is 0.304 e. The molecule has 104 valence electrons. The molecule has 0 spiro atoms. The molecule has 2 atom stereocenters. The molecule has 2 aliphatic heterocycles. The Hall–Kier alpha value is -0.610. The fraction of sp³-hybridized carbons (Fsp3) is 0.929. The smallest absolute Gasteiger partial charge is 0.304 e.